The van der Waals surface area contributed by atoms with Crippen LogP contribution in [-0.2, 0) is 16.1 Å². The molecule has 0 aliphatic heterocycles. The molecule has 3 rings (SSSR count). The first-order valence-corrected chi connectivity index (χ1v) is 8.18. The number of fused-ring (bicyclic) bond motifs is 1. The number of primary amides is 1. The zero-order valence-electron chi connectivity index (χ0n) is 14.3. The molecule has 0 aromatic carbocycles. The number of ether oxygens (including phenoxy) is 1. The van der Waals surface area contributed by atoms with Gasteiger partial charge >= 0.3 is 0 Å². The van der Waals surface area contributed by atoms with Gasteiger partial charge in [0.05, 0.1) is 18.5 Å². The Bertz CT molecular complexity index is 1020. The molecule has 134 valence electrons. The highest BCUT2D eigenvalue weighted by atomic mass is 16.5. The van der Waals surface area contributed by atoms with Crippen molar-refractivity contribution in [2.24, 2.45) is 5.73 Å². The molecule has 1 amide bonds. The summed E-state index contributed by atoms with van der Waals surface area (Å²) >= 11 is 0. The molecule has 0 saturated heterocycles. The molecule has 8 nitrogen and oxygen atoms in total. The first-order chi connectivity index (χ1) is 12.6. The normalized spacial score (nSPS) is 11.4. The maximum Gasteiger partial charge on any atom is 0.250 e. The summed E-state index contributed by atoms with van der Waals surface area (Å²) in [7, 11) is 0. The predicted octanol–water partition coefficient (Wildman–Crippen LogP) is 1.32. The number of H-pyrrole nitrogens is 1. The highest BCUT2D eigenvalue weighted by molar-refractivity contribution is 5.93. The Labute approximate surface area is 149 Å². The van der Waals surface area contributed by atoms with Crippen molar-refractivity contribution in [3.8, 4) is 11.3 Å². The van der Waals surface area contributed by atoms with Crippen LogP contribution in [0.1, 0.15) is 12.5 Å². The lowest BCUT2D eigenvalue weighted by molar-refractivity contribution is -0.113. The highest BCUT2D eigenvalue weighted by Gasteiger charge is 2.09. The summed E-state index contributed by atoms with van der Waals surface area (Å²) in [6.07, 6.45) is 7.93. The Hall–Kier alpha value is -3.26. The summed E-state index contributed by atoms with van der Waals surface area (Å²) in [5, 5.41) is 0. The summed E-state index contributed by atoms with van der Waals surface area (Å²) in [6.45, 7) is 3.44. The van der Waals surface area contributed by atoms with Crippen LogP contribution in [0.5, 0.6) is 0 Å². The topological polar surface area (TPSA) is 116 Å². The van der Waals surface area contributed by atoms with Crippen molar-refractivity contribution < 1.29 is 9.53 Å². The van der Waals surface area contributed by atoms with Gasteiger partial charge in [-0.2, -0.15) is 0 Å². The molecule has 0 aliphatic carbocycles. The predicted molar refractivity (Wildman–Crippen MR) is 98.3 cm³/mol. The van der Waals surface area contributed by atoms with Crippen LogP contribution in [0.15, 0.2) is 41.6 Å². The van der Waals surface area contributed by atoms with Gasteiger partial charge in [-0.05, 0) is 19.1 Å². The van der Waals surface area contributed by atoms with Crippen molar-refractivity contribution in [1.82, 2.24) is 19.5 Å². The molecule has 0 saturated carbocycles. The van der Waals surface area contributed by atoms with E-state index in [1.165, 1.54) is 12.1 Å². The van der Waals surface area contributed by atoms with Gasteiger partial charge in [0.25, 0.3) is 5.56 Å². The molecule has 0 atom stereocenters. The van der Waals surface area contributed by atoms with Gasteiger partial charge in [0.1, 0.15) is 5.52 Å². The Kier molecular flexibility index (Phi) is 5.23. The van der Waals surface area contributed by atoms with Crippen molar-refractivity contribution in [2.75, 3.05) is 13.2 Å². The summed E-state index contributed by atoms with van der Waals surface area (Å²) < 4.78 is 6.90. The Morgan fingerprint density at radius 2 is 2.27 bits per heavy atom. The zero-order valence-corrected chi connectivity index (χ0v) is 14.3. The quantitative estimate of drug-likeness (QED) is 0.491. The number of amides is 1. The second kappa shape index (κ2) is 7.75. The molecule has 0 unspecified atom stereocenters. The van der Waals surface area contributed by atoms with Crippen LogP contribution >= 0.6 is 0 Å². The molecule has 0 spiro atoms. The Morgan fingerprint density at radius 3 is 3.04 bits per heavy atom. The lowest BCUT2D eigenvalue weighted by atomic mass is 10.2. The van der Waals surface area contributed by atoms with Gasteiger partial charge < -0.3 is 20.0 Å². The summed E-state index contributed by atoms with van der Waals surface area (Å²) in [6, 6.07) is 3.21. The molecule has 0 radical (unpaired) electrons. The minimum absolute atomic E-state index is 0.103. The number of nitrogens with one attached hydrogen (secondary N) is 1. The number of aromatic nitrogens is 4. The largest absolute Gasteiger partial charge is 0.380 e. The van der Waals surface area contributed by atoms with Crippen LogP contribution in [0.4, 0.5) is 0 Å². The number of hydrogen-bond acceptors (Lipinski definition) is 5. The van der Waals surface area contributed by atoms with Gasteiger partial charge in [-0.3, -0.25) is 9.59 Å². The molecule has 3 aromatic heterocycles. The van der Waals surface area contributed by atoms with Crippen molar-refractivity contribution in [2.45, 2.75) is 13.5 Å². The van der Waals surface area contributed by atoms with Gasteiger partial charge in [-0.15, -0.1) is 0 Å². The minimum atomic E-state index is -0.537. The summed E-state index contributed by atoms with van der Waals surface area (Å²) in [4.78, 5) is 34.9. The number of pyridine rings is 1. The third-order valence-corrected chi connectivity index (χ3v) is 3.80. The second-order valence-electron chi connectivity index (χ2n) is 5.58. The van der Waals surface area contributed by atoms with E-state index >= 15 is 0 Å². The third kappa shape index (κ3) is 3.86. The van der Waals surface area contributed by atoms with E-state index < -0.39 is 5.91 Å². The van der Waals surface area contributed by atoms with E-state index in [-0.39, 0.29) is 5.56 Å². The fraction of sp³-hybridized carbons (Fsp3) is 0.222. The standard InChI is InChI=1S/C18H19N5O3/c1-2-26-8-7-23-11-13(4-6-16(23)25)14-10-21-18-17(22-14)12(9-20-18)3-5-15(19)24/h3-6,9-11H,2,7-8H2,1H3,(H2,19,24)(H,20,21)/b5-3+. The monoisotopic (exact) mass is 353 g/mol. The molecule has 3 aromatic rings. The van der Waals surface area contributed by atoms with Gasteiger partial charge in [-0.1, -0.05) is 0 Å². The number of aromatic amines is 1. The van der Waals surface area contributed by atoms with Crippen LogP contribution < -0.4 is 11.3 Å². The first-order valence-electron chi connectivity index (χ1n) is 8.18. The lowest BCUT2D eigenvalue weighted by Gasteiger charge is -2.08. The van der Waals surface area contributed by atoms with Crippen molar-refractivity contribution in [3.05, 3.63) is 52.7 Å². The minimum Gasteiger partial charge on any atom is -0.380 e. The van der Waals surface area contributed by atoms with E-state index in [0.29, 0.717) is 42.2 Å². The Morgan fingerprint density at radius 1 is 1.42 bits per heavy atom. The van der Waals surface area contributed by atoms with Gasteiger partial charge in [0, 0.05) is 48.8 Å². The Balaban J connectivity index is 1.97. The number of carbonyl (C=O) groups is 1. The molecule has 3 heterocycles. The summed E-state index contributed by atoms with van der Waals surface area (Å²) in [5.41, 5.74) is 8.35. The molecule has 3 N–H and O–H groups in total. The maximum atomic E-state index is 12.0. The van der Waals surface area contributed by atoms with Crippen molar-refractivity contribution in [3.63, 3.8) is 0 Å². The first kappa shape index (κ1) is 17.6. The third-order valence-electron chi connectivity index (χ3n) is 3.80. The van der Waals surface area contributed by atoms with Gasteiger partial charge in [-0.25, -0.2) is 9.97 Å². The van der Waals surface area contributed by atoms with Crippen LogP contribution in [-0.4, -0.2) is 38.6 Å². The molecule has 26 heavy (non-hydrogen) atoms. The molecule has 0 bridgehead atoms. The number of rotatable bonds is 7. The maximum absolute atomic E-state index is 12.0. The van der Waals surface area contributed by atoms with E-state index in [1.54, 1.807) is 35.3 Å². The fourth-order valence-electron chi connectivity index (χ4n) is 2.51. The molecule has 0 aliphatic rings. The van der Waals surface area contributed by atoms with Crippen LogP contribution in [0.3, 0.4) is 0 Å². The van der Waals surface area contributed by atoms with Crippen LogP contribution in [0.25, 0.3) is 28.5 Å². The molecular weight excluding hydrogens is 334 g/mol. The average molecular weight is 353 g/mol. The molecule has 8 heteroatoms. The lowest BCUT2D eigenvalue weighted by Crippen LogP contribution is -2.21. The number of nitrogens with zero attached hydrogens (tertiary/aromatic N) is 3. The number of hydrogen-bond donors (Lipinski definition) is 2. The fourth-order valence-corrected chi connectivity index (χ4v) is 2.51. The average Bonchev–Trinajstić information content (AvgIpc) is 3.04. The van der Waals surface area contributed by atoms with Crippen LogP contribution in [0.2, 0.25) is 0 Å². The zero-order chi connectivity index (χ0) is 18.5. The van der Waals surface area contributed by atoms with Crippen molar-refractivity contribution >= 4 is 23.1 Å². The summed E-state index contributed by atoms with van der Waals surface area (Å²) in [5.74, 6) is -0.537. The highest BCUT2D eigenvalue weighted by Crippen LogP contribution is 2.21. The number of carbonyl (C=O) groups excluding carboxylic acids is 1. The van der Waals surface area contributed by atoms with E-state index in [9.17, 15) is 9.59 Å². The molecular formula is C18H19N5O3. The van der Waals surface area contributed by atoms with E-state index in [0.717, 1.165) is 5.56 Å². The van der Waals surface area contributed by atoms with Gasteiger partial charge in [0.15, 0.2) is 5.65 Å². The smallest absolute Gasteiger partial charge is 0.250 e. The molecule has 0 fully saturated rings. The van der Waals surface area contributed by atoms with Gasteiger partial charge in [0.2, 0.25) is 5.91 Å². The van der Waals surface area contributed by atoms with E-state index in [1.807, 2.05) is 6.92 Å². The van der Waals surface area contributed by atoms with Crippen molar-refractivity contribution in [1.29, 1.82) is 0 Å². The van der Waals surface area contributed by atoms with E-state index in [4.69, 9.17) is 10.5 Å². The SMILES string of the molecule is CCOCCn1cc(-c2cnc3[nH]cc(/C=C/C(N)=O)c3n2)ccc1=O. The van der Waals surface area contributed by atoms with E-state index in [2.05, 4.69) is 15.0 Å². The van der Waals surface area contributed by atoms with Crippen LogP contribution in [0, 0.1) is 0 Å². The second-order valence-corrected chi connectivity index (χ2v) is 5.58. The number of nitrogens with two attached hydrogens (primary N) is 1.